The van der Waals surface area contributed by atoms with Crippen LogP contribution in [0.5, 0.6) is 0 Å². The van der Waals surface area contributed by atoms with Crippen molar-refractivity contribution in [2.24, 2.45) is 0 Å². The number of rotatable bonds is 5. The summed E-state index contributed by atoms with van der Waals surface area (Å²) in [4.78, 5) is 6.33. The summed E-state index contributed by atoms with van der Waals surface area (Å²) < 4.78 is 0. The van der Waals surface area contributed by atoms with E-state index in [1.165, 1.54) is 21.8 Å². The van der Waals surface area contributed by atoms with Crippen molar-refractivity contribution in [3.05, 3.63) is 51.5 Å². The number of hydrogen-bond donors (Lipinski definition) is 1. The van der Waals surface area contributed by atoms with E-state index in [0.29, 0.717) is 0 Å². The van der Waals surface area contributed by atoms with Crippen molar-refractivity contribution in [1.82, 2.24) is 10.3 Å². The minimum Gasteiger partial charge on any atom is -0.306 e. The lowest BCUT2D eigenvalue weighted by molar-refractivity contribution is 0.680. The number of aromatic nitrogens is 1. The van der Waals surface area contributed by atoms with Crippen LogP contribution in [0, 0.1) is 11.3 Å². The Labute approximate surface area is 111 Å². The van der Waals surface area contributed by atoms with Gasteiger partial charge in [0.2, 0.25) is 0 Å². The summed E-state index contributed by atoms with van der Waals surface area (Å²) in [5, 5.41) is 12.1. The fourth-order valence-corrected chi connectivity index (χ4v) is 2.56. The van der Waals surface area contributed by atoms with Crippen LogP contribution >= 0.6 is 11.3 Å². The molecule has 0 fully saturated rings. The first-order valence-corrected chi connectivity index (χ1v) is 6.77. The second kappa shape index (κ2) is 6.29. The van der Waals surface area contributed by atoms with Gasteiger partial charge in [0.25, 0.3) is 0 Å². The van der Waals surface area contributed by atoms with Gasteiger partial charge in [-0.05, 0) is 30.2 Å². The van der Waals surface area contributed by atoms with Crippen molar-refractivity contribution in [3.8, 4) is 6.07 Å². The van der Waals surface area contributed by atoms with Crippen LogP contribution in [0.1, 0.15) is 27.9 Å². The third-order valence-electron chi connectivity index (χ3n) is 2.73. The second-order valence-electron chi connectivity index (χ2n) is 3.94. The Morgan fingerprint density at radius 1 is 1.33 bits per heavy atom. The standard InChI is InChI=1S/C14H15N3S/c1-2-11-4-3-7-17-14(11)10-16-9-13-6-5-12(8-15)18-13/h3-7,16H,2,9-10H2,1H3. The topological polar surface area (TPSA) is 48.7 Å². The van der Waals surface area contributed by atoms with Crippen LogP contribution in [0.2, 0.25) is 0 Å². The van der Waals surface area contributed by atoms with Crippen molar-refractivity contribution < 1.29 is 0 Å². The molecule has 0 unspecified atom stereocenters. The summed E-state index contributed by atoms with van der Waals surface area (Å²) in [7, 11) is 0. The van der Waals surface area contributed by atoms with E-state index in [9.17, 15) is 0 Å². The SMILES string of the molecule is CCc1cccnc1CNCc1ccc(C#N)s1. The van der Waals surface area contributed by atoms with Crippen LogP contribution in [0.3, 0.4) is 0 Å². The van der Waals surface area contributed by atoms with E-state index in [-0.39, 0.29) is 0 Å². The van der Waals surface area contributed by atoms with Gasteiger partial charge in [-0.2, -0.15) is 5.26 Å². The monoisotopic (exact) mass is 257 g/mol. The first-order valence-electron chi connectivity index (χ1n) is 5.95. The van der Waals surface area contributed by atoms with Crippen molar-refractivity contribution in [2.75, 3.05) is 0 Å². The Kier molecular flexibility index (Phi) is 4.46. The van der Waals surface area contributed by atoms with E-state index in [0.717, 1.165) is 30.1 Å². The molecule has 0 saturated heterocycles. The van der Waals surface area contributed by atoms with Gasteiger partial charge in [-0.1, -0.05) is 13.0 Å². The van der Waals surface area contributed by atoms with Gasteiger partial charge in [-0.3, -0.25) is 4.98 Å². The Balaban J connectivity index is 1.90. The minimum absolute atomic E-state index is 0.763. The average molecular weight is 257 g/mol. The van der Waals surface area contributed by atoms with Crippen molar-refractivity contribution in [1.29, 1.82) is 5.26 Å². The molecule has 0 saturated carbocycles. The molecule has 0 amide bonds. The fraction of sp³-hybridized carbons (Fsp3) is 0.286. The van der Waals surface area contributed by atoms with E-state index in [4.69, 9.17) is 5.26 Å². The van der Waals surface area contributed by atoms with Gasteiger partial charge in [0, 0.05) is 24.2 Å². The lowest BCUT2D eigenvalue weighted by Crippen LogP contribution is -2.14. The first kappa shape index (κ1) is 12.7. The molecule has 18 heavy (non-hydrogen) atoms. The molecule has 0 bridgehead atoms. The number of pyridine rings is 1. The van der Waals surface area contributed by atoms with Crippen LogP contribution in [-0.4, -0.2) is 4.98 Å². The van der Waals surface area contributed by atoms with Gasteiger partial charge < -0.3 is 5.32 Å². The molecule has 2 heterocycles. The highest BCUT2D eigenvalue weighted by Gasteiger charge is 2.02. The highest BCUT2D eigenvalue weighted by atomic mass is 32.1. The Morgan fingerprint density at radius 2 is 2.22 bits per heavy atom. The van der Waals surface area contributed by atoms with Gasteiger partial charge in [0.1, 0.15) is 10.9 Å². The number of nitrogens with zero attached hydrogens (tertiary/aromatic N) is 2. The fourth-order valence-electron chi connectivity index (χ4n) is 1.79. The molecule has 0 radical (unpaired) electrons. The van der Waals surface area contributed by atoms with E-state index >= 15 is 0 Å². The van der Waals surface area contributed by atoms with Crippen molar-refractivity contribution in [3.63, 3.8) is 0 Å². The van der Waals surface area contributed by atoms with Crippen LogP contribution in [0.4, 0.5) is 0 Å². The maximum atomic E-state index is 8.75. The molecule has 0 spiro atoms. The summed E-state index contributed by atoms with van der Waals surface area (Å²) in [6.07, 6.45) is 2.83. The molecule has 3 nitrogen and oxygen atoms in total. The maximum Gasteiger partial charge on any atom is 0.110 e. The quantitative estimate of drug-likeness (QED) is 0.896. The van der Waals surface area contributed by atoms with Crippen molar-refractivity contribution >= 4 is 11.3 Å². The molecule has 92 valence electrons. The highest BCUT2D eigenvalue weighted by Crippen LogP contribution is 2.15. The Bertz CT molecular complexity index is 554. The van der Waals surface area contributed by atoms with Gasteiger partial charge in [0.05, 0.1) is 5.69 Å². The summed E-state index contributed by atoms with van der Waals surface area (Å²) >= 11 is 1.53. The summed E-state index contributed by atoms with van der Waals surface area (Å²) in [6, 6.07) is 10.1. The summed E-state index contributed by atoms with van der Waals surface area (Å²) in [5.74, 6) is 0. The molecule has 0 aliphatic rings. The van der Waals surface area contributed by atoms with Crippen LogP contribution in [0.15, 0.2) is 30.5 Å². The number of nitriles is 1. The molecule has 4 heteroatoms. The molecule has 2 rings (SSSR count). The van der Waals surface area contributed by atoms with E-state index in [1.807, 2.05) is 24.4 Å². The van der Waals surface area contributed by atoms with Gasteiger partial charge >= 0.3 is 0 Å². The first-order chi connectivity index (χ1) is 8.83. The van der Waals surface area contributed by atoms with Crippen molar-refractivity contribution in [2.45, 2.75) is 26.4 Å². The molecule has 0 atom stereocenters. The molecular weight excluding hydrogens is 242 g/mol. The van der Waals surface area contributed by atoms with E-state index in [2.05, 4.69) is 29.4 Å². The zero-order valence-electron chi connectivity index (χ0n) is 10.3. The maximum absolute atomic E-state index is 8.75. The molecule has 0 aliphatic heterocycles. The molecule has 2 aromatic heterocycles. The number of hydrogen-bond acceptors (Lipinski definition) is 4. The molecule has 0 aliphatic carbocycles. The summed E-state index contributed by atoms with van der Waals surface area (Å²) in [5.41, 5.74) is 2.39. The van der Waals surface area contributed by atoms with Gasteiger partial charge in [-0.25, -0.2) is 0 Å². The third kappa shape index (κ3) is 3.16. The van der Waals surface area contributed by atoms with Gasteiger partial charge in [0.15, 0.2) is 0 Å². The molecule has 0 aromatic carbocycles. The zero-order valence-corrected chi connectivity index (χ0v) is 11.1. The average Bonchev–Trinajstić information content (AvgIpc) is 2.87. The van der Waals surface area contributed by atoms with Gasteiger partial charge in [-0.15, -0.1) is 11.3 Å². The predicted molar refractivity (Wildman–Crippen MR) is 73.2 cm³/mol. The summed E-state index contributed by atoms with van der Waals surface area (Å²) in [6.45, 7) is 3.69. The van der Waals surface area contributed by atoms with Crippen LogP contribution < -0.4 is 5.32 Å². The lowest BCUT2D eigenvalue weighted by Gasteiger charge is -2.07. The lowest BCUT2D eigenvalue weighted by atomic mass is 10.1. The minimum atomic E-state index is 0.763. The highest BCUT2D eigenvalue weighted by molar-refractivity contribution is 7.12. The normalized spacial score (nSPS) is 10.2. The Morgan fingerprint density at radius 3 is 2.94 bits per heavy atom. The third-order valence-corrected chi connectivity index (χ3v) is 3.72. The Hall–Kier alpha value is -1.70. The number of aryl methyl sites for hydroxylation is 1. The zero-order chi connectivity index (χ0) is 12.8. The number of thiophene rings is 1. The predicted octanol–water partition coefficient (Wildman–Crippen LogP) is 2.87. The smallest absolute Gasteiger partial charge is 0.110 e. The largest absolute Gasteiger partial charge is 0.306 e. The second-order valence-corrected chi connectivity index (χ2v) is 5.11. The van der Waals surface area contributed by atoms with E-state index in [1.54, 1.807) is 0 Å². The van der Waals surface area contributed by atoms with Crippen LogP contribution in [0.25, 0.3) is 0 Å². The number of nitrogens with one attached hydrogen (secondary N) is 1. The van der Waals surface area contributed by atoms with E-state index < -0.39 is 0 Å². The molecular formula is C14H15N3S. The van der Waals surface area contributed by atoms with Crippen LogP contribution in [-0.2, 0) is 19.5 Å². The molecule has 1 N–H and O–H groups in total. The molecule has 2 aromatic rings.